The lowest BCUT2D eigenvalue weighted by Gasteiger charge is -2.10. The molecule has 0 amide bonds. The zero-order chi connectivity index (χ0) is 9.26. The molecule has 1 aliphatic heterocycles. The number of hydrogen-bond acceptors (Lipinski definition) is 2. The Morgan fingerprint density at radius 3 is 2.08 bits per heavy atom. The van der Waals surface area contributed by atoms with E-state index in [9.17, 15) is 0 Å². The van der Waals surface area contributed by atoms with E-state index in [-0.39, 0.29) is 7.12 Å². The fourth-order valence-corrected chi connectivity index (χ4v) is 1.57. The van der Waals surface area contributed by atoms with Crippen molar-refractivity contribution in [1.82, 2.24) is 0 Å². The summed E-state index contributed by atoms with van der Waals surface area (Å²) >= 11 is 0. The Balaban J connectivity index is 2.38. The summed E-state index contributed by atoms with van der Waals surface area (Å²) in [7, 11) is -0.249. The quantitative estimate of drug-likeness (QED) is 0.600. The minimum absolute atomic E-state index is 0.249. The number of hydrogen-bond donors (Lipinski definition) is 0. The molecule has 1 aromatic carbocycles. The molecule has 0 bridgehead atoms. The molecule has 0 unspecified atom stereocenters. The van der Waals surface area contributed by atoms with Crippen LogP contribution < -0.4 is 5.46 Å². The highest BCUT2D eigenvalue weighted by Crippen LogP contribution is 2.08. The molecule has 0 aliphatic carbocycles. The van der Waals surface area contributed by atoms with Crippen LogP contribution in [0.4, 0.5) is 0 Å². The molecule has 0 aromatic heterocycles. The maximum absolute atomic E-state index is 5.30. The summed E-state index contributed by atoms with van der Waals surface area (Å²) in [6, 6.07) is 6.16. The van der Waals surface area contributed by atoms with Crippen LogP contribution in [0.25, 0.3) is 0 Å². The highest BCUT2D eigenvalue weighted by molar-refractivity contribution is 6.63. The van der Waals surface area contributed by atoms with Gasteiger partial charge in [0.25, 0.3) is 0 Å². The van der Waals surface area contributed by atoms with Crippen molar-refractivity contribution in [3.05, 3.63) is 41.9 Å². The summed E-state index contributed by atoms with van der Waals surface area (Å²) in [6.07, 6.45) is 3.16. The van der Waals surface area contributed by atoms with Gasteiger partial charge >= 0.3 is 7.12 Å². The maximum atomic E-state index is 5.30. The highest BCUT2D eigenvalue weighted by atomic mass is 16.6. The Morgan fingerprint density at radius 2 is 1.54 bits per heavy atom. The Kier molecular flexibility index (Phi) is 2.01. The first-order valence-electron chi connectivity index (χ1n) is 4.31. The average Bonchev–Trinajstić information content (AvgIpc) is 2.57. The Labute approximate surface area is 78.3 Å². The molecule has 0 fully saturated rings. The van der Waals surface area contributed by atoms with Crippen molar-refractivity contribution in [3.8, 4) is 0 Å². The standard InChI is InChI=1S/C10H11BO2/c1-8-4-3-5-9(2)10(8)11-12-6-7-13-11/h3-7H,1-2H3. The fraction of sp³-hybridized carbons (Fsp3) is 0.200. The lowest BCUT2D eigenvalue weighted by molar-refractivity contribution is 0.423. The van der Waals surface area contributed by atoms with Gasteiger partial charge in [-0.2, -0.15) is 0 Å². The van der Waals surface area contributed by atoms with E-state index in [2.05, 4.69) is 26.0 Å². The van der Waals surface area contributed by atoms with Crippen molar-refractivity contribution in [1.29, 1.82) is 0 Å². The molecular formula is C10H11BO2. The predicted octanol–water partition coefficient (Wildman–Crippen LogP) is 1.52. The zero-order valence-corrected chi connectivity index (χ0v) is 7.78. The first-order valence-corrected chi connectivity index (χ1v) is 4.31. The average molecular weight is 174 g/mol. The molecule has 0 spiro atoms. The Morgan fingerprint density at radius 1 is 1.00 bits per heavy atom. The van der Waals surface area contributed by atoms with Gasteiger partial charge in [-0.05, 0) is 25.0 Å². The zero-order valence-electron chi connectivity index (χ0n) is 7.78. The molecular weight excluding hydrogens is 163 g/mol. The van der Waals surface area contributed by atoms with E-state index in [1.54, 1.807) is 12.5 Å². The highest BCUT2D eigenvalue weighted by Gasteiger charge is 2.29. The molecule has 66 valence electrons. The van der Waals surface area contributed by atoms with Gasteiger partial charge < -0.3 is 9.31 Å². The summed E-state index contributed by atoms with van der Waals surface area (Å²) in [6.45, 7) is 4.13. The molecule has 1 aromatic rings. The second-order valence-electron chi connectivity index (χ2n) is 3.18. The van der Waals surface area contributed by atoms with Gasteiger partial charge in [0.1, 0.15) is 0 Å². The van der Waals surface area contributed by atoms with Crippen LogP contribution in [0.15, 0.2) is 30.7 Å². The van der Waals surface area contributed by atoms with Gasteiger partial charge in [-0.25, -0.2) is 0 Å². The summed E-state index contributed by atoms with van der Waals surface area (Å²) in [5.74, 6) is 0. The number of rotatable bonds is 1. The summed E-state index contributed by atoms with van der Waals surface area (Å²) in [5.41, 5.74) is 3.54. The van der Waals surface area contributed by atoms with Crippen LogP contribution in [0.5, 0.6) is 0 Å². The SMILES string of the molecule is Cc1cccc(C)c1B1OC=CO1. The third-order valence-corrected chi connectivity index (χ3v) is 2.24. The molecule has 0 atom stereocenters. The fourth-order valence-electron chi connectivity index (χ4n) is 1.57. The molecule has 1 heterocycles. The van der Waals surface area contributed by atoms with Crippen LogP contribution in [0.1, 0.15) is 11.1 Å². The summed E-state index contributed by atoms with van der Waals surface area (Å²) in [5, 5.41) is 0. The van der Waals surface area contributed by atoms with E-state index >= 15 is 0 Å². The third-order valence-electron chi connectivity index (χ3n) is 2.24. The smallest absolute Gasteiger partial charge is 0.525 e. The third kappa shape index (κ3) is 1.42. The van der Waals surface area contributed by atoms with Crippen molar-refractivity contribution in [2.75, 3.05) is 0 Å². The monoisotopic (exact) mass is 174 g/mol. The largest absolute Gasteiger partial charge is 0.632 e. The van der Waals surface area contributed by atoms with Gasteiger partial charge in [0.15, 0.2) is 0 Å². The topological polar surface area (TPSA) is 18.5 Å². The van der Waals surface area contributed by atoms with Crippen LogP contribution in [0.3, 0.4) is 0 Å². The van der Waals surface area contributed by atoms with Crippen LogP contribution in [-0.4, -0.2) is 7.12 Å². The lowest BCUT2D eigenvalue weighted by Crippen LogP contribution is -2.35. The molecule has 0 N–H and O–H groups in total. The number of benzene rings is 1. The van der Waals surface area contributed by atoms with E-state index < -0.39 is 0 Å². The van der Waals surface area contributed by atoms with Crippen molar-refractivity contribution in [3.63, 3.8) is 0 Å². The van der Waals surface area contributed by atoms with Gasteiger partial charge in [0.2, 0.25) is 0 Å². The molecule has 3 heteroatoms. The number of aryl methyl sites for hydroxylation is 2. The second-order valence-corrected chi connectivity index (χ2v) is 3.18. The lowest BCUT2D eigenvalue weighted by atomic mass is 9.74. The Bertz CT molecular complexity index is 319. The molecule has 0 saturated heterocycles. The first kappa shape index (κ1) is 8.23. The van der Waals surface area contributed by atoms with E-state index in [0.29, 0.717) is 0 Å². The molecule has 13 heavy (non-hydrogen) atoms. The van der Waals surface area contributed by atoms with Crippen molar-refractivity contribution in [2.45, 2.75) is 13.8 Å². The molecule has 2 rings (SSSR count). The minimum Gasteiger partial charge on any atom is -0.525 e. The van der Waals surface area contributed by atoms with E-state index in [1.807, 2.05) is 6.07 Å². The molecule has 0 saturated carbocycles. The van der Waals surface area contributed by atoms with Crippen LogP contribution in [0.2, 0.25) is 0 Å². The van der Waals surface area contributed by atoms with Gasteiger partial charge in [-0.15, -0.1) is 0 Å². The van der Waals surface area contributed by atoms with Crippen molar-refractivity contribution >= 4 is 12.6 Å². The van der Waals surface area contributed by atoms with Crippen molar-refractivity contribution in [2.24, 2.45) is 0 Å². The van der Waals surface area contributed by atoms with Crippen LogP contribution in [0, 0.1) is 13.8 Å². The molecule has 1 aliphatic rings. The van der Waals surface area contributed by atoms with E-state index in [1.165, 1.54) is 11.1 Å². The van der Waals surface area contributed by atoms with E-state index in [0.717, 1.165) is 5.46 Å². The van der Waals surface area contributed by atoms with Gasteiger partial charge in [-0.3, -0.25) is 0 Å². The molecule has 2 nitrogen and oxygen atoms in total. The first-order chi connectivity index (χ1) is 6.29. The second kappa shape index (κ2) is 3.17. The van der Waals surface area contributed by atoms with Gasteiger partial charge in [-0.1, -0.05) is 18.2 Å². The normalized spacial score (nSPS) is 14.2. The minimum atomic E-state index is -0.249. The maximum Gasteiger partial charge on any atom is 0.632 e. The predicted molar refractivity (Wildman–Crippen MR) is 52.6 cm³/mol. The Hall–Kier alpha value is -1.38. The van der Waals surface area contributed by atoms with Crippen LogP contribution in [-0.2, 0) is 9.31 Å². The van der Waals surface area contributed by atoms with Gasteiger partial charge in [0.05, 0.1) is 12.5 Å². The van der Waals surface area contributed by atoms with Gasteiger partial charge in [0, 0.05) is 5.46 Å². The van der Waals surface area contributed by atoms with Crippen LogP contribution >= 0.6 is 0 Å². The summed E-state index contributed by atoms with van der Waals surface area (Å²) in [4.78, 5) is 0. The summed E-state index contributed by atoms with van der Waals surface area (Å²) < 4.78 is 10.6. The molecule has 0 radical (unpaired) electrons. The van der Waals surface area contributed by atoms with E-state index in [4.69, 9.17) is 9.31 Å². The van der Waals surface area contributed by atoms with Crippen molar-refractivity contribution < 1.29 is 9.31 Å².